The van der Waals surface area contributed by atoms with E-state index < -0.39 is 0 Å². The topological polar surface area (TPSA) is 32.3 Å². The Bertz CT molecular complexity index is 417. The molecular formula is C18H31ClN2OS. The molecule has 1 aromatic rings. The van der Waals surface area contributed by atoms with E-state index in [4.69, 9.17) is 0 Å². The van der Waals surface area contributed by atoms with Crippen LogP contribution in [0.1, 0.15) is 50.3 Å². The molecule has 1 aliphatic rings. The minimum Gasteiger partial charge on any atom is -0.343 e. The highest BCUT2D eigenvalue weighted by Gasteiger charge is 2.21. The van der Waals surface area contributed by atoms with Crippen molar-refractivity contribution in [3.8, 4) is 0 Å². The number of likely N-dealkylation sites (tertiary alicyclic amines) is 1. The van der Waals surface area contributed by atoms with Crippen molar-refractivity contribution in [3.63, 3.8) is 0 Å². The van der Waals surface area contributed by atoms with Crippen LogP contribution in [0.2, 0.25) is 0 Å². The highest BCUT2D eigenvalue weighted by atomic mass is 35.5. The summed E-state index contributed by atoms with van der Waals surface area (Å²) in [4.78, 5) is 15.8. The van der Waals surface area contributed by atoms with Gasteiger partial charge in [0.25, 0.3) is 0 Å². The van der Waals surface area contributed by atoms with Crippen LogP contribution >= 0.6 is 23.7 Å². The maximum Gasteiger partial charge on any atom is 0.222 e. The first-order valence-electron chi connectivity index (χ1n) is 8.80. The van der Waals surface area contributed by atoms with Gasteiger partial charge in [-0.05, 0) is 62.6 Å². The molecule has 0 aliphatic carbocycles. The summed E-state index contributed by atoms with van der Waals surface area (Å²) < 4.78 is 0. The Hall–Kier alpha value is -0.580. The van der Waals surface area contributed by atoms with Gasteiger partial charge in [0, 0.05) is 24.4 Å². The third-order valence-corrected chi connectivity index (χ3v) is 5.48. The summed E-state index contributed by atoms with van der Waals surface area (Å²) in [6, 6.07) is 4.32. The molecule has 132 valence electrons. The number of nitrogens with one attached hydrogen (secondary N) is 1. The fourth-order valence-electron chi connectivity index (χ4n) is 3.10. The third-order valence-electron chi connectivity index (χ3n) is 4.54. The lowest BCUT2D eigenvalue weighted by atomic mass is 9.96. The molecule has 23 heavy (non-hydrogen) atoms. The van der Waals surface area contributed by atoms with Crippen molar-refractivity contribution >= 4 is 29.7 Å². The third kappa shape index (κ3) is 7.69. The second kappa shape index (κ2) is 11.9. The number of hydrogen-bond donors (Lipinski definition) is 1. The summed E-state index contributed by atoms with van der Waals surface area (Å²) >= 11 is 1.84. The van der Waals surface area contributed by atoms with Gasteiger partial charge < -0.3 is 10.2 Å². The molecule has 1 N–H and O–H groups in total. The average Bonchev–Trinajstić information content (AvgIpc) is 3.06. The predicted octanol–water partition coefficient (Wildman–Crippen LogP) is 4.12. The first-order valence-corrected chi connectivity index (χ1v) is 9.68. The second-order valence-electron chi connectivity index (χ2n) is 6.27. The second-order valence-corrected chi connectivity index (χ2v) is 7.30. The zero-order valence-electron chi connectivity index (χ0n) is 14.3. The molecule has 5 heteroatoms. The SMILES string of the molecule is CCNCC1CCN(C(=O)CCCCCc2cccs2)CC1.Cl. The molecule has 0 atom stereocenters. The van der Waals surface area contributed by atoms with Crippen LogP contribution in [0.4, 0.5) is 0 Å². The average molecular weight is 359 g/mol. The molecule has 0 unspecified atom stereocenters. The van der Waals surface area contributed by atoms with Gasteiger partial charge in [0.1, 0.15) is 0 Å². The van der Waals surface area contributed by atoms with E-state index in [0.29, 0.717) is 5.91 Å². The van der Waals surface area contributed by atoms with Gasteiger partial charge in [0.15, 0.2) is 0 Å². The molecule has 1 aliphatic heterocycles. The number of amides is 1. The van der Waals surface area contributed by atoms with Crippen LogP contribution in [0.25, 0.3) is 0 Å². The first-order chi connectivity index (χ1) is 10.8. The number of carbonyl (C=O) groups is 1. The van der Waals surface area contributed by atoms with Crippen LogP contribution < -0.4 is 5.32 Å². The van der Waals surface area contributed by atoms with E-state index in [1.54, 1.807) is 0 Å². The molecule has 2 rings (SSSR count). The summed E-state index contributed by atoms with van der Waals surface area (Å²) in [6.07, 6.45) is 7.65. The van der Waals surface area contributed by atoms with E-state index in [9.17, 15) is 4.79 Å². The number of unbranched alkanes of at least 4 members (excludes halogenated alkanes) is 2. The maximum absolute atomic E-state index is 12.2. The molecule has 1 amide bonds. The maximum atomic E-state index is 12.2. The lowest BCUT2D eigenvalue weighted by molar-refractivity contribution is -0.132. The largest absolute Gasteiger partial charge is 0.343 e. The van der Waals surface area contributed by atoms with E-state index in [1.165, 1.54) is 24.1 Å². The molecule has 1 fully saturated rings. The fourth-order valence-corrected chi connectivity index (χ4v) is 3.85. The van der Waals surface area contributed by atoms with Gasteiger partial charge in [-0.15, -0.1) is 23.7 Å². The Balaban J connectivity index is 0.00000264. The number of halogens is 1. The van der Waals surface area contributed by atoms with Crippen molar-refractivity contribution in [3.05, 3.63) is 22.4 Å². The molecular weight excluding hydrogens is 328 g/mol. The Morgan fingerprint density at radius 2 is 2.09 bits per heavy atom. The number of hydrogen-bond acceptors (Lipinski definition) is 3. The van der Waals surface area contributed by atoms with Crippen molar-refractivity contribution in [2.45, 2.75) is 51.9 Å². The van der Waals surface area contributed by atoms with E-state index in [0.717, 1.165) is 57.8 Å². The minimum atomic E-state index is 0. The van der Waals surface area contributed by atoms with Gasteiger partial charge in [-0.3, -0.25) is 4.79 Å². The van der Waals surface area contributed by atoms with Gasteiger partial charge in [-0.25, -0.2) is 0 Å². The van der Waals surface area contributed by atoms with E-state index in [2.05, 4.69) is 34.7 Å². The van der Waals surface area contributed by atoms with Crippen molar-refractivity contribution < 1.29 is 4.79 Å². The van der Waals surface area contributed by atoms with E-state index in [-0.39, 0.29) is 12.4 Å². The Kier molecular flexibility index (Phi) is 10.6. The molecule has 0 aromatic carbocycles. The van der Waals surface area contributed by atoms with Crippen LogP contribution in [-0.2, 0) is 11.2 Å². The van der Waals surface area contributed by atoms with Crippen LogP contribution in [0.3, 0.4) is 0 Å². The molecule has 1 aromatic heterocycles. The summed E-state index contributed by atoms with van der Waals surface area (Å²) in [6.45, 7) is 6.23. The summed E-state index contributed by atoms with van der Waals surface area (Å²) in [5.74, 6) is 1.13. The predicted molar refractivity (Wildman–Crippen MR) is 102 cm³/mol. The molecule has 0 radical (unpaired) electrons. The molecule has 0 bridgehead atoms. The number of aryl methyl sites for hydroxylation is 1. The molecule has 0 spiro atoms. The number of nitrogens with zero attached hydrogens (tertiary/aromatic N) is 1. The van der Waals surface area contributed by atoms with Crippen molar-refractivity contribution in [1.82, 2.24) is 10.2 Å². The van der Waals surface area contributed by atoms with Gasteiger partial charge in [0.05, 0.1) is 0 Å². The molecule has 0 saturated carbocycles. The van der Waals surface area contributed by atoms with Gasteiger partial charge in [-0.2, -0.15) is 0 Å². The number of thiophene rings is 1. The molecule has 2 heterocycles. The summed E-state index contributed by atoms with van der Waals surface area (Å²) in [7, 11) is 0. The lowest BCUT2D eigenvalue weighted by Crippen LogP contribution is -2.40. The fraction of sp³-hybridized carbons (Fsp3) is 0.722. The highest BCUT2D eigenvalue weighted by Crippen LogP contribution is 2.18. The summed E-state index contributed by atoms with van der Waals surface area (Å²) in [5, 5.41) is 5.56. The number of piperidine rings is 1. The van der Waals surface area contributed by atoms with Gasteiger partial charge in [-0.1, -0.05) is 19.4 Å². The first kappa shape index (κ1) is 20.5. The Morgan fingerprint density at radius 1 is 1.30 bits per heavy atom. The van der Waals surface area contributed by atoms with E-state index >= 15 is 0 Å². The number of carbonyl (C=O) groups excluding carboxylic acids is 1. The van der Waals surface area contributed by atoms with Gasteiger partial charge >= 0.3 is 0 Å². The highest BCUT2D eigenvalue weighted by molar-refractivity contribution is 7.09. The van der Waals surface area contributed by atoms with E-state index in [1.807, 2.05) is 11.3 Å². The van der Waals surface area contributed by atoms with Crippen LogP contribution in [-0.4, -0.2) is 37.0 Å². The van der Waals surface area contributed by atoms with Crippen LogP contribution in [0.15, 0.2) is 17.5 Å². The smallest absolute Gasteiger partial charge is 0.222 e. The normalized spacial score (nSPS) is 15.4. The van der Waals surface area contributed by atoms with Crippen molar-refractivity contribution in [2.24, 2.45) is 5.92 Å². The minimum absolute atomic E-state index is 0. The quantitative estimate of drug-likeness (QED) is 0.673. The van der Waals surface area contributed by atoms with Crippen molar-refractivity contribution in [1.29, 1.82) is 0 Å². The van der Waals surface area contributed by atoms with Crippen LogP contribution in [0, 0.1) is 5.92 Å². The zero-order chi connectivity index (χ0) is 15.6. The van der Waals surface area contributed by atoms with Crippen LogP contribution in [0.5, 0.6) is 0 Å². The van der Waals surface area contributed by atoms with Gasteiger partial charge in [0.2, 0.25) is 5.91 Å². The number of rotatable bonds is 9. The Morgan fingerprint density at radius 3 is 2.74 bits per heavy atom. The molecule has 1 saturated heterocycles. The lowest BCUT2D eigenvalue weighted by Gasteiger charge is -2.32. The molecule has 3 nitrogen and oxygen atoms in total. The standard InChI is InChI=1S/C18H30N2OS.ClH/c1-2-19-15-16-10-12-20(13-11-16)18(21)9-5-3-4-7-17-8-6-14-22-17;/h6,8,14,16,19H,2-5,7,9-13,15H2,1H3;1H. The summed E-state index contributed by atoms with van der Waals surface area (Å²) in [5.41, 5.74) is 0. The van der Waals surface area contributed by atoms with Crippen molar-refractivity contribution in [2.75, 3.05) is 26.2 Å². The Labute approximate surface area is 151 Å². The monoisotopic (exact) mass is 358 g/mol. The zero-order valence-corrected chi connectivity index (χ0v) is 15.9.